The average molecular weight is 503 g/mol. The topological polar surface area (TPSA) is 27.7 Å². The summed E-state index contributed by atoms with van der Waals surface area (Å²) < 4.78 is 32.7. The highest BCUT2D eigenvalue weighted by Gasteiger charge is 2.49. The summed E-state index contributed by atoms with van der Waals surface area (Å²) in [5.41, 5.74) is 6.45. The van der Waals surface area contributed by atoms with Crippen molar-refractivity contribution in [2.75, 3.05) is 14.2 Å². The Morgan fingerprint density at radius 2 is 1.73 bits per heavy atom. The highest BCUT2D eigenvalue weighted by Crippen LogP contribution is 2.56. The molecule has 1 saturated carbocycles. The molecule has 1 spiro atoms. The summed E-state index contributed by atoms with van der Waals surface area (Å²) in [6, 6.07) is 17.6. The predicted molar refractivity (Wildman–Crippen MR) is 147 cm³/mol. The minimum atomic E-state index is -0.285. The Morgan fingerprint density at radius 1 is 0.946 bits per heavy atom. The summed E-state index contributed by atoms with van der Waals surface area (Å²) in [5.74, 6) is 2.00. The number of rotatable bonds is 7. The maximum Gasteiger partial charge on any atom is 0.131 e. The minimum Gasteiger partial charge on any atom is -0.497 e. The fourth-order valence-electron chi connectivity index (χ4n) is 6.49. The van der Waals surface area contributed by atoms with E-state index in [9.17, 15) is 0 Å². The van der Waals surface area contributed by atoms with Crippen molar-refractivity contribution in [3.05, 3.63) is 82.7 Å². The predicted octanol–water partition coefficient (Wildman–Crippen LogP) is 8.43. The van der Waals surface area contributed by atoms with Crippen LogP contribution in [0.15, 0.2) is 54.6 Å². The molecular weight excluding hydrogens is 463 g/mol. The molecule has 0 aliphatic heterocycles. The fourth-order valence-corrected chi connectivity index (χ4v) is 6.49. The lowest BCUT2D eigenvalue weighted by molar-refractivity contribution is 0.0155. The number of fused-ring (bicyclic) bond motifs is 2. The van der Waals surface area contributed by atoms with Crippen LogP contribution in [-0.2, 0) is 23.2 Å². The molecule has 0 bridgehead atoms. The summed E-state index contributed by atoms with van der Waals surface area (Å²) in [6.07, 6.45) is 4.83. The Morgan fingerprint density at radius 3 is 2.38 bits per heavy atom. The van der Waals surface area contributed by atoms with Gasteiger partial charge in [0.1, 0.15) is 23.9 Å². The van der Waals surface area contributed by atoms with Crippen molar-refractivity contribution in [1.82, 2.24) is 0 Å². The van der Waals surface area contributed by atoms with Crippen LogP contribution in [0.3, 0.4) is 0 Å². The van der Waals surface area contributed by atoms with Crippen LogP contribution in [0.5, 0.6) is 11.5 Å². The molecule has 37 heavy (non-hydrogen) atoms. The number of hydrogen-bond acceptors (Lipinski definition) is 3. The first-order chi connectivity index (χ1) is 17.7. The molecule has 0 N–H and O–H groups in total. The van der Waals surface area contributed by atoms with Gasteiger partial charge in [0.15, 0.2) is 0 Å². The van der Waals surface area contributed by atoms with E-state index < -0.39 is 0 Å². The Balaban J connectivity index is 1.47. The third-order valence-corrected chi connectivity index (χ3v) is 8.71. The largest absolute Gasteiger partial charge is 0.497 e. The average Bonchev–Trinajstić information content (AvgIpc) is 3.28. The number of benzene rings is 3. The molecule has 0 heterocycles. The molecule has 0 unspecified atom stereocenters. The standard InChI is InChI=1S/C33H39FO3/c1-21-13-15-33(21)16-14-23-8-9-25(19-29(23)33)37-20-22-7-11-26(27-18-24(35-5)10-12-30(27)34)28(17-22)31(36-6)32(2,3)4/h7-12,17-19,21,31H,13-16,20H2,1-6H3/t21-,31+,33-/m1/s1. The van der Waals surface area contributed by atoms with Gasteiger partial charge in [-0.05, 0) is 107 Å². The molecule has 0 saturated heterocycles. The van der Waals surface area contributed by atoms with Crippen molar-refractivity contribution >= 4 is 0 Å². The lowest BCUT2D eigenvalue weighted by Crippen LogP contribution is -2.40. The molecule has 2 aliphatic rings. The van der Waals surface area contributed by atoms with Crippen LogP contribution >= 0.6 is 0 Å². The molecule has 5 rings (SSSR count). The Hall–Kier alpha value is -2.85. The third kappa shape index (κ3) is 4.65. The minimum absolute atomic E-state index is 0.188. The Bertz CT molecular complexity index is 1290. The van der Waals surface area contributed by atoms with Crippen molar-refractivity contribution in [2.24, 2.45) is 11.3 Å². The second kappa shape index (κ2) is 9.79. The van der Waals surface area contributed by atoms with E-state index in [1.165, 1.54) is 42.9 Å². The maximum atomic E-state index is 15.0. The maximum absolute atomic E-state index is 15.0. The van der Waals surface area contributed by atoms with Crippen molar-refractivity contribution < 1.29 is 18.6 Å². The van der Waals surface area contributed by atoms with Gasteiger partial charge < -0.3 is 14.2 Å². The highest BCUT2D eigenvalue weighted by atomic mass is 19.1. The molecule has 0 radical (unpaired) electrons. The van der Waals surface area contributed by atoms with E-state index in [1.54, 1.807) is 26.4 Å². The van der Waals surface area contributed by atoms with E-state index in [-0.39, 0.29) is 17.3 Å². The van der Waals surface area contributed by atoms with Gasteiger partial charge in [-0.15, -0.1) is 0 Å². The van der Waals surface area contributed by atoms with Gasteiger partial charge >= 0.3 is 0 Å². The first-order valence-electron chi connectivity index (χ1n) is 13.4. The highest BCUT2D eigenvalue weighted by molar-refractivity contribution is 5.70. The van der Waals surface area contributed by atoms with E-state index in [4.69, 9.17) is 14.2 Å². The van der Waals surface area contributed by atoms with E-state index >= 15 is 4.39 Å². The number of hydrogen-bond donors (Lipinski definition) is 0. The van der Waals surface area contributed by atoms with Crippen LogP contribution in [-0.4, -0.2) is 14.2 Å². The molecule has 0 amide bonds. The van der Waals surface area contributed by atoms with Crippen molar-refractivity contribution in [2.45, 2.75) is 71.5 Å². The van der Waals surface area contributed by atoms with Gasteiger partial charge in [-0.25, -0.2) is 4.39 Å². The van der Waals surface area contributed by atoms with Gasteiger partial charge in [0.25, 0.3) is 0 Å². The van der Waals surface area contributed by atoms with Gasteiger partial charge in [0.05, 0.1) is 13.2 Å². The lowest BCUT2D eigenvalue weighted by Gasteiger charge is -2.46. The summed E-state index contributed by atoms with van der Waals surface area (Å²) in [5, 5.41) is 0. The zero-order valence-electron chi connectivity index (χ0n) is 23.0. The van der Waals surface area contributed by atoms with Gasteiger partial charge in [-0.2, -0.15) is 0 Å². The summed E-state index contributed by atoms with van der Waals surface area (Å²) in [4.78, 5) is 0. The van der Waals surface area contributed by atoms with Gasteiger partial charge in [-0.3, -0.25) is 0 Å². The van der Waals surface area contributed by atoms with Gasteiger partial charge in [0.2, 0.25) is 0 Å². The lowest BCUT2D eigenvalue weighted by atomic mass is 9.58. The van der Waals surface area contributed by atoms with Crippen LogP contribution in [0, 0.1) is 17.2 Å². The zero-order chi connectivity index (χ0) is 26.4. The fraction of sp³-hybridized carbons (Fsp3) is 0.455. The summed E-state index contributed by atoms with van der Waals surface area (Å²) >= 11 is 0. The van der Waals surface area contributed by atoms with Crippen LogP contribution in [0.4, 0.5) is 4.39 Å². The smallest absolute Gasteiger partial charge is 0.131 e. The third-order valence-electron chi connectivity index (χ3n) is 8.71. The van der Waals surface area contributed by atoms with E-state index in [0.29, 0.717) is 23.3 Å². The second-order valence-electron chi connectivity index (χ2n) is 12.0. The molecular formula is C33H39FO3. The number of methoxy groups -OCH3 is 2. The van der Waals surface area contributed by atoms with Gasteiger partial charge in [0, 0.05) is 12.7 Å². The number of halogens is 1. The monoisotopic (exact) mass is 502 g/mol. The van der Waals surface area contributed by atoms with Crippen molar-refractivity contribution in [3.63, 3.8) is 0 Å². The van der Waals surface area contributed by atoms with E-state index in [2.05, 4.69) is 52.0 Å². The van der Waals surface area contributed by atoms with Crippen LogP contribution in [0.1, 0.15) is 75.3 Å². The Kier molecular flexibility index (Phi) is 6.83. The number of ether oxygens (including phenoxy) is 3. The van der Waals surface area contributed by atoms with Crippen LogP contribution < -0.4 is 9.47 Å². The van der Waals surface area contributed by atoms with Crippen LogP contribution in [0.25, 0.3) is 11.1 Å². The van der Waals surface area contributed by atoms with Crippen molar-refractivity contribution in [1.29, 1.82) is 0 Å². The quantitative estimate of drug-likeness (QED) is 0.324. The molecule has 4 heteroatoms. The molecule has 3 aromatic rings. The molecule has 196 valence electrons. The normalized spacial score (nSPS) is 21.4. The van der Waals surface area contributed by atoms with Crippen LogP contribution in [0.2, 0.25) is 0 Å². The molecule has 2 aliphatic carbocycles. The Labute approximate surface area is 221 Å². The first kappa shape index (κ1) is 25.8. The van der Waals surface area contributed by atoms with E-state index in [1.807, 2.05) is 12.1 Å². The molecule has 0 aromatic heterocycles. The summed E-state index contributed by atoms with van der Waals surface area (Å²) in [7, 11) is 3.31. The summed E-state index contributed by atoms with van der Waals surface area (Å²) in [6.45, 7) is 9.24. The molecule has 3 nitrogen and oxygen atoms in total. The van der Waals surface area contributed by atoms with E-state index in [0.717, 1.165) is 28.4 Å². The molecule has 3 aromatic carbocycles. The molecule has 1 fully saturated rings. The zero-order valence-corrected chi connectivity index (χ0v) is 23.0. The molecule has 3 atom stereocenters. The first-order valence-corrected chi connectivity index (χ1v) is 13.4. The van der Waals surface area contributed by atoms with Gasteiger partial charge in [-0.1, -0.05) is 45.9 Å². The second-order valence-corrected chi connectivity index (χ2v) is 12.0. The SMILES string of the molecule is COc1ccc(F)c(-c2ccc(COc3ccc4c(c3)[C@@]3(CC4)CC[C@H]3C)cc2[C@H](OC)C(C)(C)C)c1. The number of aryl methyl sites for hydroxylation is 1. The van der Waals surface area contributed by atoms with Crippen molar-refractivity contribution in [3.8, 4) is 22.6 Å².